The molecule has 0 spiro atoms. The standard InChI is InChI=1S/C20H13F3N4OS/c21-20(22,23)15-3-1-2-4-17(15)26-18(28)12-29-19-14(11-24)5-6-16(27-19)13-7-9-25-10-8-13/h1-10H,12H2,(H,26,28). The first-order valence-corrected chi connectivity index (χ1v) is 9.27. The van der Waals surface area contributed by atoms with Gasteiger partial charge in [0.2, 0.25) is 5.91 Å². The van der Waals surface area contributed by atoms with Gasteiger partial charge in [-0.1, -0.05) is 23.9 Å². The lowest BCUT2D eigenvalue weighted by Crippen LogP contribution is -2.18. The van der Waals surface area contributed by atoms with Crippen LogP contribution < -0.4 is 5.32 Å². The Morgan fingerprint density at radius 1 is 1.10 bits per heavy atom. The van der Waals surface area contributed by atoms with Crippen molar-refractivity contribution in [2.75, 3.05) is 11.1 Å². The second kappa shape index (κ2) is 8.75. The number of alkyl halides is 3. The molecule has 146 valence electrons. The van der Waals surface area contributed by atoms with E-state index in [4.69, 9.17) is 0 Å². The van der Waals surface area contributed by atoms with Crippen molar-refractivity contribution in [3.63, 3.8) is 0 Å². The molecular weight excluding hydrogens is 401 g/mol. The number of nitrogens with one attached hydrogen (secondary N) is 1. The number of thioether (sulfide) groups is 1. The summed E-state index contributed by atoms with van der Waals surface area (Å²) in [6, 6.07) is 13.5. The van der Waals surface area contributed by atoms with Crippen LogP contribution in [-0.4, -0.2) is 21.6 Å². The van der Waals surface area contributed by atoms with Crippen LogP contribution in [0.25, 0.3) is 11.3 Å². The van der Waals surface area contributed by atoms with Crippen LogP contribution >= 0.6 is 11.8 Å². The minimum Gasteiger partial charge on any atom is -0.325 e. The van der Waals surface area contributed by atoms with E-state index < -0.39 is 17.6 Å². The van der Waals surface area contributed by atoms with Crippen molar-refractivity contribution in [2.45, 2.75) is 11.2 Å². The van der Waals surface area contributed by atoms with Crippen molar-refractivity contribution in [1.82, 2.24) is 9.97 Å². The fourth-order valence-electron chi connectivity index (χ4n) is 2.48. The largest absolute Gasteiger partial charge is 0.418 e. The van der Waals surface area contributed by atoms with Gasteiger partial charge in [-0.25, -0.2) is 4.98 Å². The maximum Gasteiger partial charge on any atom is 0.418 e. The Balaban J connectivity index is 1.75. The summed E-state index contributed by atoms with van der Waals surface area (Å²) in [6.45, 7) is 0. The molecule has 29 heavy (non-hydrogen) atoms. The summed E-state index contributed by atoms with van der Waals surface area (Å²) < 4.78 is 39.1. The summed E-state index contributed by atoms with van der Waals surface area (Å²) >= 11 is 0.979. The van der Waals surface area contributed by atoms with E-state index in [-0.39, 0.29) is 17.0 Å². The summed E-state index contributed by atoms with van der Waals surface area (Å²) in [6.07, 6.45) is -1.37. The van der Waals surface area contributed by atoms with Gasteiger partial charge in [0.1, 0.15) is 11.1 Å². The van der Waals surface area contributed by atoms with E-state index >= 15 is 0 Å². The monoisotopic (exact) mass is 414 g/mol. The molecule has 5 nitrogen and oxygen atoms in total. The van der Waals surface area contributed by atoms with Crippen molar-refractivity contribution < 1.29 is 18.0 Å². The Hall–Kier alpha value is -3.38. The highest BCUT2D eigenvalue weighted by Gasteiger charge is 2.33. The molecule has 0 unspecified atom stereocenters. The summed E-state index contributed by atoms with van der Waals surface area (Å²) in [5, 5.41) is 11.9. The van der Waals surface area contributed by atoms with Gasteiger partial charge in [-0.2, -0.15) is 18.4 Å². The van der Waals surface area contributed by atoms with Crippen LogP contribution in [0.5, 0.6) is 0 Å². The number of aromatic nitrogens is 2. The van der Waals surface area contributed by atoms with Gasteiger partial charge in [0.25, 0.3) is 0 Å². The van der Waals surface area contributed by atoms with Crippen molar-refractivity contribution in [2.24, 2.45) is 0 Å². The molecule has 0 saturated heterocycles. The van der Waals surface area contributed by atoms with Gasteiger partial charge < -0.3 is 5.32 Å². The fraction of sp³-hybridized carbons (Fsp3) is 0.100. The number of carbonyl (C=O) groups excluding carboxylic acids is 1. The lowest BCUT2D eigenvalue weighted by molar-refractivity contribution is -0.137. The lowest BCUT2D eigenvalue weighted by Gasteiger charge is -2.13. The summed E-state index contributed by atoms with van der Waals surface area (Å²) in [4.78, 5) is 20.5. The molecule has 0 saturated carbocycles. The van der Waals surface area contributed by atoms with Crippen molar-refractivity contribution in [3.8, 4) is 17.3 Å². The maximum atomic E-state index is 13.0. The Kier molecular flexibility index (Phi) is 6.14. The highest BCUT2D eigenvalue weighted by Crippen LogP contribution is 2.34. The molecule has 0 atom stereocenters. The van der Waals surface area contributed by atoms with E-state index in [1.54, 1.807) is 36.7 Å². The Bertz CT molecular complexity index is 1070. The van der Waals surface area contributed by atoms with E-state index in [9.17, 15) is 23.2 Å². The first-order valence-electron chi connectivity index (χ1n) is 8.29. The van der Waals surface area contributed by atoms with Crippen LogP contribution in [0.15, 0.2) is 66.0 Å². The van der Waals surface area contributed by atoms with Crippen LogP contribution in [0.4, 0.5) is 18.9 Å². The predicted octanol–water partition coefficient (Wildman–Crippen LogP) is 4.76. The second-order valence-electron chi connectivity index (χ2n) is 5.78. The van der Waals surface area contributed by atoms with Gasteiger partial charge in [0, 0.05) is 18.0 Å². The van der Waals surface area contributed by atoms with E-state index in [1.165, 1.54) is 18.2 Å². The number of benzene rings is 1. The Morgan fingerprint density at radius 2 is 1.83 bits per heavy atom. The predicted molar refractivity (Wildman–Crippen MR) is 103 cm³/mol. The molecule has 1 amide bonds. The minimum atomic E-state index is -4.58. The number of carbonyl (C=O) groups is 1. The number of nitrogens with zero attached hydrogens (tertiary/aromatic N) is 3. The minimum absolute atomic E-state index is 0.201. The van der Waals surface area contributed by atoms with Crippen LogP contribution in [0, 0.1) is 11.3 Å². The van der Waals surface area contributed by atoms with Crippen LogP contribution in [0.2, 0.25) is 0 Å². The number of rotatable bonds is 5. The van der Waals surface area contributed by atoms with Crippen LogP contribution in [0.3, 0.4) is 0 Å². The third-order valence-electron chi connectivity index (χ3n) is 3.80. The first-order chi connectivity index (χ1) is 13.9. The maximum absolute atomic E-state index is 13.0. The third kappa shape index (κ3) is 5.12. The van der Waals surface area contributed by atoms with Gasteiger partial charge in [-0.3, -0.25) is 9.78 Å². The highest BCUT2D eigenvalue weighted by molar-refractivity contribution is 8.00. The Morgan fingerprint density at radius 3 is 2.52 bits per heavy atom. The molecule has 1 aromatic carbocycles. The third-order valence-corrected chi connectivity index (χ3v) is 4.79. The van der Waals surface area contributed by atoms with Gasteiger partial charge in [0.15, 0.2) is 0 Å². The van der Waals surface area contributed by atoms with Gasteiger partial charge >= 0.3 is 6.18 Å². The van der Waals surface area contributed by atoms with Crippen LogP contribution in [-0.2, 0) is 11.0 Å². The molecule has 9 heteroatoms. The van der Waals surface area contributed by atoms with E-state index in [2.05, 4.69) is 15.3 Å². The first kappa shape index (κ1) is 20.4. The number of halogens is 3. The quantitative estimate of drug-likeness (QED) is 0.609. The molecule has 0 aliphatic rings. The average molecular weight is 414 g/mol. The fourth-order valence-corrected chi connectivity index (χ4v) is 3.25. The zero-order chi connectivity index (χ0) is 20.9. The van der Waals surface area contributed by atoms with Gasteiger partial charge in [-0.05, 0) is 36.4 Å². The molecular formula is C20H13F3N4OS. The molecule has 1 N–H and O–H groups in total. The summed E-state index contributed by atoms with van der Waals surface area (Å²) in [5.41, 5.74) is 0.418. The topological polar surface area (TPSA) is 78.7 Å². The van der Waals surface area contributed by atoms with Crippen LogP contribution in [0.1, 0.15) is 11.1 Å². The van der Waals surface area contributed by atoms with Crippen molar-refractivity contribution in [3.05, 3.63) is 72.1 Å². The molecule has 3 aromatic rings. The smallest absolute Gasteiger partial charge is 0.325 e. The zero-order valence-corrected chi connectivity index (χ0v) is 15.6. The second-order valence-corrected chi connectivity index (χ2v) is 6.74. The SMILES string of the molecule is N#Cc1ccc(-c2ccncc2)nc1SCC(=O)Nc1ccccc1C(F)(F)F. The molecule has 0 aliphatic carbocycles. The number of nitriles is 1. The number of hydrogen-bond donors (Lipinski definition) is 1. The van der Waals surface area contributed by atoms with E-state index in [1.807, 2.05) is 6.07 Å². The summed E-state index contributed by atoms with van der Waals surface area (Å²) in [7, 11) is 0. The van der Waals surface area contributed by atoms with Crippen molar-refractivity contribution >= 4 is 23.4 Å². The molecule has 3 rings (SSSR count). The number of hydrogen-bond acceptors (Lipinski definition) is 5. The zero-order valence-electron chi connectivity index (χ0n) is 14.8. The molecule has 0 radical (unpaired) electrons. The van der Waals surface area contributed by atoms with Gasteiger partial charge in [-0.15, -0.1) is 0 Å². The molecule has 0 bridgehead atoms. The lowest BCUT2D eigenvalue weighted by atomic mass is 10.1. The molecule has 2 aromatic heterocycles. The van der Waals surface area contributed by atoms with Crippen molar-refractivity contribution in [1.29, 1.82) is 5.26 Å². The number of amides is 1. The molecule has 2 heterocycles. The molecule has 0 fully saturated rings. The average Bonchev–Trinajstić information content (AvgIpc) is 2.72. The number of anilines is 1. The van der Waals surface area contributed by atoms with E-state index in [0.717, 1.165) is 23.4 Å². The molecule has 0 aliphatic heterocycles. The number of para-hydroxylation sites is 1. The number of pyridine rings is 2. The normalized spacial score (nSPS) is 11.0. The highest BCUT2D eigenvalue weighted by atomic mass is 32.2. The summed E-state index contributed by atoms with van der Waals surface area (Å²) in [5.74, 6) is -0.833. The van der Waals surface area contributed by atoms with Gasteiger partial charge in [0.05, 0.1) is 28.3 Å². The Labute approximate surface area is 168 Å². The van der Waals surface area contributed by atoms with E-state index in [0.29, 0.717) is 10.7 Å².